The van der Waals surface area contributed by atoms with E-state index in [4.69, 9.17) is 27.9 Å². The van der Waals surface area contributed by atoms with E-state index in [-0.39, 0.29) is 24.2 Å². The summed E-state index contributed by atoms with van der Waals surface area (Å²) in [6.45, 7) is 4.01. The highest BCUT2D eigenvalue weighted by Gasteiger charge is 2.31. The van der Waals surface area contributed by atoms with Gasteiger partial charge < -0.3 is 10.1 Å². The predicted molar refractivity (Wildman–Crippen MR) is 105 cm³/mol. The second kappa shape index (κ2) is 8.46. The largest absolute Gasteiger partial charge is 0.486 e. The van der Waals surface area contributed by atoms with E-state index in [0.717, 1.165) is 16.7 Å². The van der Waals surface area contributed by atoms with Crippen LogP contribution in [0.5, 0.6) is 5.75 Å². The summed E-state index contributed by atoms with van der Waals surface area (Å²) in [6.07, 6.45) is 0. The number of hydrogen-bond acceptors (Lipinski definition) is 3. The van der Waals surface area contributed by atoms with E-state index in [1.807, 2.05) is 13.0 Å². The number of benzene rings is 2. The summed E-state index contributed by atoms with van der Waals surface area (Å²) >= 11 is 11.9. The molecule has 1 amide bonds. The standard InChI is InChI=1S/C20H21Cl2FN2O2/c1-12-5-14(8-25-9-15(10-25)20(26)24-2)7-18(23)19(12)27-11-13-3-4-16(21)17(22)6-13/h3-7,15H,8-11H2,1-2H3,(H,24,26). The van der Waals surface area contributed by atoms with Gasteiger partial charge in [0.25, 0.3) is 0 Å². The van der Waals surface area contributed by atoms with Gasteiger partial charge in [0.05, 0.1) is 16.0 Å². The van der Waals surface area contributed by atoms with Crippen LogP contribution in [0.4, 0.5) is 4.39 Å². The van der Waals surface area contributed by atoms with Crippen LogP contribution in [0, 0.1) is 18.7 Å². The molecule has 27 heavy (non-hydrogen) atoms. The maximum Gasteiger partial charge on any atom is 0.225 e. The van der Waals surface area contributed by atoms with Crippen LogP contribution in [0.15, 0.2) is 30.3 Å². The van der Waals surface area contributed by atoms with Crippen LogP contribution in [0.1, 0.15) is 16.7 Å². The van der Waals surface area contributed by atoms with Crippen LogP contribution < -0.4 is 10.1 Å². The number of likely N-dealkylation sites (tertiary alicyclic amines) is 1. The monoisotopic (exact) mass is 410 g/mol. The molecule has 144 valence electrons. The average molecular weight is 411 g/mol. The molecule has 1 aliphatic rings. The first-order valence-electron chi connectivity index (χ1n) is 8.67. The fourth-order valence-electron chi connectivity index (χ4n) is 3.19. The molecule has 7 heteroatoms. The highest BCUT2D eigenvalue weighted by molar-refractivity contribution is 6.42. The Balaban J connectivity index is 1.61. The minimum Gasteiger partial charge on any atom is -0.486 e. The quantitative estimate of drug-likeness (QED) is 0.775. The zero-order chi connectivity index (χ0) is 19.6. The molecule has 1 heterocycles. The van der Waals surface area contributed by atoms with Crippen molar-refractivity contribution < 1.29 is 13.9 Å². The smallest absolute Gasteiger partial charge is 0.225 e. The lowest BCUT2D eigenvalue weighted by molar-refractivity contribution is -0.129. The maximum atomic E-state index is 14.5. The molecule has 0 aliphatic carbocycles. The fraction of sp³-hybridized carbons (Fsp3) is 0.350. The number of hydrogen-bond donors (Lipinski definition) is 1. The number of rotatable bonds is 6. The van der Waals surface area contributed by atoms with Gasteiger partial charge in [0, 0.05) is 26.7 Å². The fourth-order valence-corrected chi connectivity index (χ4v) is 3.51. The molecule has 0 saturated carbocycles. The van der Waals surface area contributed by atoms with Gasteiger partial charge in [-0.2, -0.15) is 0 Å². The molecule has 2 aromatic carbocycles. The van der Waals surface area contributed by atoms with Gasteiger partial charge in [-0.05, 0) is 41.8 Å². The molecule has 0 atom stereocenters. The van der Waals surface area contributed by atoms with Crippen molar-refractivity contribution in [2.45, 2.75) is 20.1 Å². The number of carbonyl (C=O) groups excluding carboxylic acids is 1. The second-order valence-corrected chi connectivity index (χ2v) is 7.58. The van der Waals surface area contributed by atoms with Crippen molar-refractivity contribution in [2.24, 2.45) is 5.92 Å². The van der Waals surface area contributed by atoms with Gasteiger partial charge in [0.15, 0.2) is 11.6 Å². The van der Waals surface area contributed by atoms with Crippen molar-refractivity contribution in [3.63, 3.8) is 0 Å². The Bertz CT molecular complexity index is 831. The zero-order valence-corrected chi connectivity index (χ0v) is 16.7. The number of halogens is 3. The van der Waals surface area contributed by atoms with E-state index < -0.39 is 5.82 Å². The summed E-state index contributed by atoms with van der Waals surface area (Å²) in [7, 11) is 1.64. The van der Waals surface area contributed by atoms with E-state index in [2.05, 4.69) is 10.2 Å². The molecule has 0 bridgehead atoms. The molecule has 0 spiro atoms. The highest BCUT2D eigenvalue weighted by atomic mass is 35.5. The number of nitrogens with one attached hydrogen (secondary N) is 1. The van der Waals surface area contributed by atoms with Crippen molar-refractivity contribution in [1.29, 1.82) is 0 Å². The van der Waals surface area contributed by atoms with Crippen molar-refractivity contribution in [2.75, 3.05) is 20.1 Å². The molecule has 1 aliphatic heterocycles. The lowest BCUT2D eigenvalue weighted by Crippen LogP contribution is -2.52. The molecule has 1 fully saturated rings. The van der Waals surface area contributed by atoms with Crippen LogP contribution >= 0.6 is 23.2 Å². The van der Waals surface area contributed by atoms with Gasteiger partial charge in [-0.1, -0.05) is 35.3 Å². The first-order valence-corrected chi connectivity index (χ1v) is 9.42. The van der Waals surface area contributed by atoms with Gasteiger partial charge in [-0.3, -0.25) is 9.69 Å². The molecular formula is C20H21Cl2FN2O2. The Morgan fingerprint density at radius 3 is 2.59 bits per heavy atom. The van der Waals surface area contributed by atoms with Crippen molar-refractivity contribution >= 4 is 29.1 Å². The molecule has 0 unspecified atom stereocenters. The molecule has 0 radical (unpaired) electrons. The summed E-state index contributed by atoms with van der Waals surface area (Å²) < 4.78 is 20.2. The molecular weight excluding hydrogens is 390 g/mol. The second-order valence-electron chi connectivity index (χ2n) is 6.77. The third-order valence-electron chi connectivity index (χ3n) is 4.64. The van der Waals surface area contributed by atoms with Crippen LogP contribution in [0.2, 0.25) is 10.0 Å². The van der Waals surface area contributed by atoms with Gasteiger partial charge in [-0.25, -0.2) is 4.39 Å². The van der Waals surface area contributed by atoms with E-state index in [1.165, 1.54) is 6.07 Å². The summed E-state index contributed by atoms with van der Waals surface area (Å²) in [5.41, 5.74) is 2.41. The third-order valence-corrected chi connectivity index (χ3v) is 5.38. The third kappa shape index (κ3) is 4.72. The summed E-state index contributed by atoms with van der Waals surface area (Å²) in [4.78, 5) is 13.7. The molecule has 1 saturated heterocycles. The Kier molecular flexibility index (Phi) is 6.25. The van der Waals surface area contributed by atoms with Crippen molar-refractivity contribution in [1.82, 2.24) is 10.2 Å². The van der Waals surface area contributed by atoms with Crippen LogP contribution in [0.25, 0.3) is 0 Å². The van der Waals surface area contributed by atoms with E-state index in [9.17, 15) is 9.18 Å². The topological polar surface area (TPSA) is 41.6 Å². The van der Waals surface area contributed by atoms with E-state index in [0.29, 0.717) is 29.7 Å². The maximum absolute atomic E-state index is 14.5. The molecule has 1 N–H and O–H groups in total. The Labute approximate surface area is 168 Å². The minimum absolute atomic E-state index is 0.0229. The molecule has 4 nitrogen and oxygen atoms in total. The first kappa shape index (κ1) is 19.9. The first-order chi connectivity index (χ1) is 12.9. The number of nitrogens with zero attached hydrogens (tertiary/aromatic N) is 1. The number of amides is 1. The summed E-state index contributed by atoms with van der Waals surface area (Å²) in [5.74, 6) is -0.0838. The molecule has 3 rings (SSSR count). The summed E-state index contributed by atoms with van der Waals surface area (Å²) in [5, 5.41) is 3.56. The lowest BCUT2D eigenvalue weighted by atomic mass is 9.98. The predicted octanol–water partition coefficient (Wildman–Crippen LogP) is 4.20. The van der Waals surface area contributed by atoms with Crippen LogP contribution in [-0.2, 0) is 17.9 Å². The van der Waals surface area contributed by atoms with Crippen LogP contribution in [0.3, 0.4) is 0 Å². The molecule has 2 aromatic rings. The number of carbonyl (C=O) groups is 1. The van der Waals surface area contributed by atoms with E-state index in [1.54, 1.807) is 25.2 Å². The summed E-state index contributed by atoms with van der Waals surface area (Å²) in [6, 6.07) is 8.60. The van der Waals surface area contributed by atoms with Gasteiger partial charge >= 0.3 is 0 Å². The van der Waals surface area contributed by atoms with Gasteiger partial charge in [0.1, 0.15) is 6.61 Å². The number of aryl methyl sites for hydroxylation is 1. The Morgan fingerprint density at radius 2 is 1.96 bits per heavy atom. The zero-order valence-electron chi connectivity index (χ0n) is 15.2. The SMILES string of the molecule is CNC(=O)C1CN(Cc2cc(C)c(OCc3ccc(Cl)c(Cl)c3)c(F)c2)C1. The highest BCUT2D eigenvalue weighted by Crippen LogP contribution is 2.28. The minimum atomic E-state index is -0.395. The van der Waals surface area contributed by atoms with Crippen molar-refractivity contribution in [3.05, 3.63) is 62.9 Å². The van der Waals surface area contributed by atoms with Crippen LogP contribution in [-0.4, -0.2) is 30.9 Å². The van der Waals surface area contributed by atoms with Gasteiger partial charge in [-0.15, -0.1) is 0 Å². The number of ether oxygens (including phenoxy) is 1. The van der Waals surface area contributed by atoms with Crippen molar-refractivity contribution in [3.8, 4) is 5.75 Å². The van der Waals surface area contributed by atoms with Gasteiger partial charge in [0.2, 0.25) is 5.91 Å². The molecule has 0 aromatic heterocycles. The Morgan fingerprint density at radius 1 is 1.22 bits per heavy atom. The Hall–Kier alpha value is -1.82. The lowest BCUT2D eigenvalue weighted by Gasteiger charge is -2.38. The normalized spacial score (nSPS) is 14.7. The average Bonchev–Trinajstić information content (AvgIpc) is 2.59. The van der Waals surface area contributed by atoms with E-state index >= 15 is 0 Å².